The lowest BCUT2D eigenvalue weighted by atomic mass is 10.3. The fraction of sp³-hybridized carbons (Fsp3) is 0.400. The van der Waals surface area contributed by atoms with Crippen LogP contribution in [-0.2, 0) is 6.54 Å². The van der Waals surface area contributed by atoms with E-state index in [1.807, 2.05) is 11.4 Å². The zero-order valence-electron chi connectivity index (χ0n) is 12.8. The fourth-order valence-electron chi connectivity index (χ4n) is 2.96. The molecule has 0 bridgehead atoms. The molecule has 1 saturated heterocycles. The van der Waals surface area contributed by atoms with Crippen molar-refractivity contribution in [2.24, 2.45) is 0 Å². The Morgan fingerprint density at radius 3 is 2.75 bits per heavy atom. The summed E-state index contributed by atoms with van der Waals surface area (Å²) in [6.45, 7) is 1.07. The first-order valence-electron chi connectivity index (χ1n) is 7.68. The van der Waals surface area contributed by atoms with Crippen LogP contribution in [-0.4, -0.2) is 50.6 Å². The van der Waals surface area contributed by atoms with Gasteiger partial charge in [0, 0.05) is 38.6 Å². The number of hydrogen-bond acceptors (Lipinski definition) is 6. The lowest BCUT2D eigenvalue weighted by Gasteiger charge is -2.35. The minimum absolute atomic E-state index is 0.404. The van der Waals surface area contributed by atoms with Crippen molar-refractivity contribution in [1.29, 1.82) is 0 Å². The molecule has 0 N–H and O–H groups in total. The summed E-state index contributed by atoms with van der Waals surface area (Å²) in [6, 6.07) is 1.99. The van der Waals surface area contributed by atoms with Gasteiger partial charge in [0.2, 0.25) is 0 Å². The maximum Gasteiger partial charge on any atom is 0.319 e. The molecule has 6 nitrogen and oxygen atoms in total. The first-order valence-corrected chi connectivity index (χ1v) is 8.55. The highest BCUT2D eigenvalue weighted by atomic mass is 32.1. The third kappa shape index (κ3) is 2.84. The van der Waals surface area contributed by atoms with Crippen LogP contribution in [0.25, 0.3) is 10.2 Å². The van der Waals surface area contributed by atoms with E-state index in [1.54, 1.807) is 17.7 Å². The molecule has 3 aromatic rings. The Morgan fingerprint density at radius 2 is 1.96 bits per heavy atom. The molecular weight excluding hydrogens is 334 g/mol. The van der Waals surface area contributed by atoms with E-state index >= 15 is 0 Å². The second-order valence-electron chi connectivity index (χ2n) is 5.62. The summed E-state index contributed by atoms with van der Waals surface area (Å²) in [5, 5.41) is 2.02. The molecule has 1 fully saturated rings. The van der Waals surface area contributed by atoms with E-state index in [1.165, 1.54) is 12.4 Å². The highest BCUT2D eigenvalue weighted by Crippen LogP contribution is 2.28. The van der Waals surface area contributed by atoms with Gasteiger partial charge in [-0.3, -0.25) is 9.47 Å². The predicted molar refractivity (Wildman–Crippen MR) is 88.4 cm³/mol. The third-order valence-electron chi connectivity index (χ3n) is 4.22. The quantitative estimate of drug-likeness (QED) is 0.724. The van der Waals surface area contributed by atoms with Crippen LogP contribution in [0.4, 0.5) is 14.6 Å². The number of anilines is 1. The van der Waals surface area contributed by atoms with Crippen molar-refractivity contribution in [3.63, 3.8) is 0 Å². The molecule has 0 amide bonds. The maximum absolute atomic E-state index is 12.9. The first-order chi connectivity index (χ1) is 11.7. The third-order valence-corrected chi connectivity index (χ3v) is 5.12. The van der Waals surface area contributed by atoms with Crippen LogP contribution in [0.5, 0.6) is 0 Å². The number of rotatable bonds is 4. The molecule has 0 aliphatic carbocycles. The molecule has 4 rings (SSSR count). The molecule has 0 spiro atoms. The van der Waals surface area contributed by atoms with Gasteiger partial charge in [0.15, 0.2) is 0 Å². The number of piperazine rings is 1. The van der Waals surface area contributed by atoms with Crippen molar-refractivity contribution < 1.29 is 8.78 Å². The van der Waals surface area contributed by atoms with Gasteiger partial charge in [-0.2, -0.15) is 8.78 Å². The number of aromatic nitrogens is 4. The zero-order valence-corrected chi connectivity index (χ0v) is 13.7. The molecule has 9 heteroatoms. The zero-order chi connectivity index (χ0) is 16.5. The van der Waals surface area contributed by atoms with Gasteiger partial charge < -0.3 is 4.90 Å². The van der Waals surface area contributed by atoms with Crippen LogP contribution in [0.1, 0.15) is 12.4 Å². The summed E-state index contributed by atoms with van der Waals surface area (Å²) >= 11 is 1.64. The van der Waals surface area contributed by atoms with E-state index in [2.05, 4.69) is 24.8 Å². The van der Waals surface area contributed by atoms with E-state index < -0.39 is 6.55 Å². The van der Waals surface area contributed by atoms with Gasteiger partial charge in [-0.25, -0.2) is 15.0 Å². The normalized spacial score (nSPS) is 16.4. The number of nitrogens with zero attached hydrogens (tertiary/aromatic N) is 6. The van der Waals surface area contributed by atoms with Crippen molar-refractivity contribution in [1.82, 2.24) is 24.4 Å². The molecular formula is C15H16F2N6S. The van der Waals surface area contributed by atoms with Crippen molar-refractivity contribution in [3.05, 3.63) is 36.0 Å². The SMILES string of the molecule is FC(F)n1ccnc1CN1CCN(c2ncnc3ccsc23)CC1. The number of thiophene rings is 1. The molecule has 3 aromatic heterocycles. The number of alkyl halides is 2. The van der Waals surface area contributed by atoms with Crippen LogP contribution in [0.2, 0.25) is 0 Å². The van der Waals surface area contributed by atoms with Gasteiger partial charge in [0.05, 0.1) is 16.8 Å². The summed E-state index contributed by atoms with van der Waals surface area (Å²) < 4.78 is 27.8. The Morgan fingerprint density at radius 1 is 1.12 bits per heavy atom. The lowest BCUT2D eigenvalue weighted by Crippen LogP contribution is -2.46. The summed E-state index contributed by atoms with van der Waals surface area (Å²) in [7, 11) is 0. The first kappa shape index (κ1) is 15.4. The monoisotopic (exact) mass is 350 g/mol. The molecule has 0 radical (unpaired) electrons. The van der Waals surface area contributed by atoms with Gasteiger partial charge >= 0.3 is 6.55 Å². The van der Waals surface area contributed by atoms with E-state index in [9.17, 15) is 8.78 Å². The Kier molecular flexibility index (Phi) is 4.11. The lowest BCUT2D eigenvalue weighted by molar-refractivity contribution is 0.0637. The fourth-order valence-corrected chi connectivity index (χ4v) is 3.82. The maximum atomic E-state index is 12.9. The summed E-state index contributed by atoms with van der Waals surface area (Å²) in [5.41, 5.74) is 0.964. The number of halogens is 2. The Hall–Kier alpha value is -2.13. The van der Waals surface area contributed by atoms with Crippen molar-refractivity contribution >= 4 is 27.4 Å². The van der Waals surface area contributed by atoms with Gasteiger partial charge in [-0.15, -0.1) is 11.3 Å². The van der Waals surface area contributed by atoms with Crippen LogP contribution in [0.3, 0.4) is 0 Å². The van der Waals surface area contributed by atoms with Gasteiger partial charge in [-0.1, -0.05) is 0 Å². The topological polar surface area (TPSA) is 50.1 Å². The molecule has 24 heavy (non-hydrogen) atoms. The molecule has 1 aliphatic heterocycles. The molecule has 0 atom stereocenters. The average Bonchev–Trinajstić information content (AvgIpc) is 3.24. The number of imidazole rings is 1. The van der Waals surface area contributed by atoms with E-state index in [0.29, 0.717) is 12.4 Å². The molecule has 126 valence electrons. The average molecular weight is 350 g/mol. The Bertz CT molecular complexity index is 824. The predicted octanol–water partition coefficient (Wildman–Crippen LogP) is 2.61. The van der Waals surface area contributed by atoms with Crippen LogP contribution in [0, 0.1) is 0 Å². The molecule has 1 aliphatic rings. The van der Waals surface area contributed by atoms with Gasteiger partial charge in [-0.05, 0) is 11.4 Å². The molecule has 0 aromatic carbocycles. The summed E-state index contributed by atoms with van der Waals surface area (Å²) in [5.74, 6) is 1.37. The van der Waals surface area contributed by atoms with Crippen LogP contribution < -0.4 is 4.90 Å². The van der Waals surface area contributed by atoms with E-state index in [-0.39, 0.29) is 0 Å². The molecule has 0 saturated carbocycles. The minimum Gasteiger partial charge on any atom is -0.353 e. The van der Waals surface area contributed by atoms with Gasteiger partial charge in [0.25, 0.3) is 0 Å². The molecule has 4 heterocycles. The van der Waals surface area contributed by atoms with Gasteiger partial charge in [0.1, 0.15) is 18.0 Å². The second-order valence-corrected chi connectivity index (χ2v) is 6.54. The van der Waals surface area contributed by atoms with Crippen molar-refractivity contribution in [3.8, 4) is 0 Å². The largest absolute Gasteiger partial charge is 0.353 e. The second kappa shape index (κ2) is 6.40. The highest BCUT2D eigenvalue weighted by molar-refractivity contribution is 7.17. The van der Waals surface area contributed by atoms with Crippen LogP contribution >= 0.6 is 11.3 Å². The molecule has 0 unspecified atom stereocenters. The Labute approximate surface area is 141 Å². The smallest absolute Gasteiger partial charge is 0.319 e. The van der Waals surface area contributed by atoms with Crippen molar-refractivity contribution in [2.45, 2.75) is 13.1 Å². The summed E-state index contributed by atoms with van der Waals surface area (Å²) in [4.78, 5) is 17.1. The van der Waals surface area contributed by atoms with Crippen LogP contribution in [0.15, 0.2) is 30.2 Å². The van der Waals surface area contributed by atoms with E-state index in [0.717, 1.165) is 46.8 Å². The van der Waals surface area contributed by atoms with E-state index in [4.69, 9.17) is 0 Å². The Balaban J connectivity index is 1.43. The highest BCUT2D eigenvalue weighted by Gasteiger charge is 2.22. The standard InChI is InChI=1S/C15H16F2N6S/c16-15(17)23-3-2-18-12(23)9-21-4-6-22(7-5-21)14-13-11(1-8-24-13)19-10-20-14/h1-3,8,10,15H,4-7,9H2. The van der Waals surface area contributed by atoms with Crippen molar-refractivity contribution in [2.75, 3.05) is 31.1 Å². The number of hydrogen-bond donors (Lipinski definition) is 0. The number of fused-ring (bicyclic) bond motifs is 1. The summed E-state index contributed by atoms with van der Waals surface area (Å²) in [6.07, 6.45) is 4.34. The minimum atomic E-state index is -2.54.